The minimum atomic E-state index is -4.39. The molecule has 0 aliphatic carbocycles. The number of methoxy groups -OCH3 is 1. The van der Waals surface area contributed by atoms with Crippen LogP contribution in [0.15, 0.2) is 24.3 Å². The molecule has 20 heavy (non-hydrogen) atoms. The lowest BCUT2D eigenvalue weighted by molar-refractivity contribution is -0.153. The van der Waals surface area contributed by atoms with Gasteiger partial charge in [-0.15, -0.1) is 0 Å². The van der Waals surface area contributed by atoms with E-state index in [0.717, 1.165) is 0 Å². The van der Waals surface area contributed by atoms with E-state index in [-0.39, 0.29) is 12.4 Å². The number of ether oxygens (including phenoxy) is 2. The van der Waals surface area contributed by atoms with Crippen molar-refractivity contribution in [2.24, 2.45) is 5.73 Å². The molecule has 1 rings (SSSR count). The molecule has 0 aromatic heterocycles. The highest BCUT2D eigenvalue weighted by Gasteiger charge is 2.28. The van der Waals surface area contributed by atoms with Crippen molar-refractivity contribution >= 4 is 11.6 Å². The van der Waals surface area contributed by atoms with Gasteiger partial charge in [0.1, 0.15) is 11.8 Å². The Hall–Kier alpha value is -1.80. The number of nitrogens with two attached hydrogens (primary N) is 1. The predicted molar refractivity (Wildman–Crippen MR) is 66.5 cm³/mol. The topological polar surface area (TPSA) is 73.6 Å². The van der Waals surface area contributed by atoms with Crippen molar-refractivity contribution in [3.8, 4) is 5.75 Å². The van der Waals surface area contributed by atoms with Crippen LogP contribution in [0, 0.1) is 0 Å². The molecule has 5 nitrogen and oxygen atoms in total. The van der Waals surface area contributed by atoms with Crippen LogP contribution in [0.5, 0.6) is 5.75 Å². The number of anilines is 1. The number of carbonyl (C=O) groups excluding carboxylic acids is 1. The van der Waals surface area contributed by atoms with Gasteiger partial charge in [-0.3, -0.25) is 4.79 Å². The third-order valence-electron chi connectivity index (χ3n) is 2.21. The van der Waals surface area contributed by atoms with E-state index in [1.807, 2.05) is 0 Å². The van der Waals surface area contributed by atoms with Gasteiger partial charge in [-0.05, 0) is 24.3 Å². The van der Waals surface area contributed by atoms with Gasteiger partial charge in [0.15, 0.2) is 6.61 Å². The molecule has 0 aliphatic heterocycles. The largest absolute Gasteiger partial charge is 0.484 e. The summed E-state index contributed by atoms with van der Waals surface area (Å²) in [7, 11) is 1.42. The molecule has 112 valence electrons. The van der Waals surface area contributed by atoms with Crippen molar-refractivity contribution in [1.82, 2.24) is 0 Å². The first-order chi connectivity index (χ1) is 9.31. The van der Waals surface area contributed by atoms with E-state index in [1.54, 1.807) is 0 Å². The third kappa shape index (κ3) is 5.89. The number of benzene rings is 1. The van der Waals surface area contributed by atoms with Crippen LogP contribution in [0.1, 0.15) is 0 Å². The van der Waals surface area contributed by atoms with Gasteiger partial charge in [-0.1, -0.05) is 0 Å². The van der Waals surface area contributed by atoms with Gasteiger partial charge < -0.3 is 20.5 Å². The Morgan fingerprint density at radius 1 is 1.35 bits per heavy atom. The van der Waals surface area contributed by atoms with Crippen LogP contribution < -0.4 is 15.8 Å². The molecule has 0 bridgehead atoms. The Labute approximate surface area is 113 Å². The second kappa shape index (κ2) is 7.11. The second-order valence-electron chi connectivity index (χ2n) is 3.98. The smallest absolute Gasteiger partial charge is 0.422 e. The van der Waals surface area contributed by atoms with Gasteiger partial charge in [-0.2, -0.15) is 13.2 Å². The van der Waals surface area contributed by atoms with Crippen molar-refractivity contribution < 1.29 is 27.4 Å². The normalized spacial score (nSPS) is 12.8. The van der Waals surface area contributed by atoms with E-state index in [1.165, 1.54) is 31.4 Å². The fourth-order valence-corrected chi connectivity index (χ4v) is 1.29. The van der Waals surface area contributed by atoms with Gasteiger partial charge in [0, 0.05) is 12.8 Å². The fourth-order valence-electron chi connectivity index (χ4n) is 1.29. The second-order valence-corrected chi connectivity index (χ2v) is 3.98. The summed E-state index contributed by atoms with van der Waals surface area (Å²) in [6.45, 7) is -1.30. The maximum Gasteiger partial charge on any atom is 0.422 e. The standard InChI is InChI=1S/C12H15F3N2O3/c1-19-6-10(16)11(18)17-8-2-4-9(5-3-8)20-7-12(13,14)15/h2-5,10H,6-7,16H2,1H3,(H,17,18). The van der Waals surface area contributed by atoms with E-state index in [0.29, 0.717) is 5.69 Å². The van der Waals surface area contributed by atoms with Crippen LogP contribution in [-0.4, -0.2) is 38.4 Å². The van der Waals surface area contributed by atoms with Gasteiger partial charge in [0.05, 0.1) is 6.61 Å². The molecular formula is C12H15F3N2O3. The van der Waals surface area contributed by atoms with Crippen LogP contribution in [0.25, 0.3) is 0 Å². The summed E-state index contributed by atoms with van der Waals surface area (Å²) in [5.41, 5.74) is 5.92. The van der Waals surface area contributed by atoms with Crippen LogP contribution in [0.4, 0.5) is 18.9 Å². The number of carbonyl (C=O) groups is 1. The molecule has 0 saturated heterocycles. The number of hydrogen-bond donors (Lipinski definition) is 2. The Kier molecular flexibility index (Phi) is 5.78. The van der Waals surface area contributed by atoms with Crippen LogP contribution >= 0.6 is 0 Å². The lowest BCUT2D eigenvalue weighted by atomic mass is 10.2. The number of hydrogen-bond acceptors (Lipinski definition) is 4. The zero-order valence-electron chi connectivity index (χ0n) is 10.7. The van der Waals surface area contributed by atoms with E-state index in [9.17, 15) is 18.0 Å². The van der Waals surface area contributed by atoms with Gasteiger partial charge in [0.2, 0.25) is 5.91 Å². The number of rotatable bonds is 6. The van der Waals surface area contributed by atoms with Crippen LogP contribution in [-0.2, 0) is 9.53 Å². The van der Waals surface area contributed by atoms with Crippen molar-refractivity contribution in [2.75, 3.05) is 25.6 Å². The number of alkyl halides is 3. The van der Waals surface area contributed by atoms with Crippen molar-refractivity contribution in [1.29, 1.82) is 0 Å². The predicted octanol–water partition coefficient (Wildman–Crippen LogP) is 1.54. The molecule has 8 heteroatoms. The van der Waals surface area contributed by atoms with Crippen molar-refractivity contribution in [3.63, 3.8) is 0 Å². The SMILES string of the molecule is COCC(N)C(=O)Nc1ccc(OCC(F)(F)F)cc1. The maximum absolute atomic E-state index is 11.9. The lowest BCUT2D eigenvalue weighted by Gasteiger charge is -2.12. The minimum absolute atomic E-state index is 0.0570. The molecular weight excluding hydrogens is 277 g/mol. The molecule has 3 N–H and O–H groups in total. The summed E-state index contributed by atoms with van der Waals surface area (Å²) in [6.07, 6.45) is -4.39. The summed E-state index contributed by atoms with van der Waals surface area (Å²) in [4.78, 5) is 11.5. The zero-order chi connectivity index (χ0) is 15.2. The van der Waals surface area contributed by atoms with Crippen LogP contribution in [0.3, 0.4) is 0 Å². The number of halogens is 3. The molecule has 0 saturated carbocycles. The summed E-state index contributed by atoms with van der Waals surface area (Å²) < 4.78 is 45.1. The molecule has 0 heterocycles. The first-order valence-corrected chi connectivity index (χ1v) is 5.67. The van der Waals surface area contributed by atoms with Gasteiger partial charge in [-0.25, -0.2) is 0 Å². The van der Waals surface area contributed by atoms with E-state index in [4.69, 9.17) is 10.5 Å². The Morgan fingerprint density at radius 2 is 1.95 bits per heavy atom. The molecule has 1 amide bonds. The maximum atomic E-state index is 11.9. The van der Waals surface area contributed by atoms with Crippen molar-refractivity contribution in [3.05, 3.63) is 24.3 Å². The quantitative estimate of drug-likeness (QED) is 0.834. The molecule has 1 aromatic carbocycles. The minimum Gasteiger partial charge on any atom is -0.484 e. The molecule has 1 atom stereocenters. The molecule has 0 spiro atoms. The highest BCUT2D eigenvalue weighted by Crippen LogP contribution is 2.20. The number of nitrogens with one attached hydrogen (secondary N) is 1. The molecule has 0 aliphatic rings. The first kappa shape index (κ1) is 16.3. The van der Waals surface area contributed by atoms with Gasteiger partial charge >= 0.3 is 6.18 Å². The Bertz CT molecular complexity index is 435. The van der Waals surface area contributed by atoms with E-state index >= 15 is 0 Å². The lowest BCUT2D eigenvalue weighted by Crippen LogP contribution is -2.39. The number of amides is 1. The van der Waals surface area contributed by atoms with E-state index < -0.39 is 24.7 Å². The summed E-state index contributed by atoms with van der Waals surface area (Å²) in [6, 6.07) is 4.67. The molecule has 1 aromatic rings. The summed E-state index contributed by atoms with van der Waals surface area (Å²) >= 11 is 0. The third-order valence-corrected chi connectivity index (χ3v) is 2.21. The Balaban J connectivity index is 2.52. The van der Waals surface area contributed by atoms with Crippen molar-refractivity contribution in [2.45, 2.75) is 12.2 Å². The molecule has 0 radical (unpaired) electrons. The average molecular weight is 292 g/mol. The molecule has 0 fully saturated rings. The van der Waals surface area contributed by atoms with Crippen LogP contribution in [0.2, 0.25) is 0 Å². The highest BCUT2D eigenvalue weighted by atomic mass is 19.4. The highest BCUT2D eigenvalue weighted by molar-refractivity contribution is 5.94. The van der Waals surface area contributed by atoms with E-state index in [2.05, 4.69) is 10.1 Å². The average Bonchev–Trinajstić information content (AvgIpc) is 2.37. The summed E-state index contributed by atoms with van der Waals surface area (Å²) in [5.74, 6) is -0.391. The fraction of sp³-hybridized carbons (Fsp3) is 0.417. The summed E-state index contributed by atoms with van der Waals surface area (Å²) in [5, 5.41) is 2.50. The first-order valence-electron chi connectivity index (χ1n) is 5.67. The van der Waals surface area contributed by atoms with Gasteiger partial charge in [0.25, 0.3) is 0 Å². The Morgan fingerprint density at radius 3 is 2.45 bits per heavy atom. The molecule has 1 unspecified atom stereocenters. The monoisotopic (exact) mass is 292 g/mol. The zero-order valence-corrected chi connectivity index (χ0v) is 10.7.